The first-order valence-corrected chi connectivity index (χ1v) is 7.02. The van der Waals surface area contributed by atoms with E-state index in [1.54, 1.807) is 24.3 Å². The van der Waals surface area contributed by atoms with Crippen molar-refractivity contribution in [2.24, 2.45) is 0 Å². The van der Waals surface area contributed by atoms with Gasteiger partial charge in [-0.3, -0.25) is 9.59 Å². The number of benzene rings is 2. The summed E-state index contributed by atoms with van der Waals surface area (Å²) in [6.07, 6.45) is 0. The number of nitriles is 1. The summed E-state index contributed by atoms with van der Waals surface area (Å²) in [5, 5.41) is 9.40. The topological polar surface area (TPSA) is 57.9 Å². The molecule has 0 heterocycles. The van der Waals surface area contributed by atoms with Gasteiger partial charge in [-0.15, -0.1) is 0 Å². The highest BCUT2D eigenvalue weighted by molar-refractivity contribution is 9.08. The lowest BCUT2D eigenvalue weighted by molar-refractivity contribution is 0.0817. The molecular formula is C16H10BrNO2. The van der Waals surface area contributed by atoms with Crippen LogP contribution in [-0.2, 0) is 5.33 Å². The normalized spacial score (nSPS) is 9.80. The van der Waals surface area contributed by atoms with Crippen molar-refractivity contribution in [2.75, 3.05) is 0 Å². The second-order valence-corrected chi connectivity index (χ2v) is 4.74. The van der Waals surface area contributed by atoms with Gasteiger partial charge in [-0.2, -0.15) is 5.26 Å². The number of ketones is 2. The zero-order chi connectivity index (χ0) is 14.5. The number of hydrogen-bond acceptors (Lipinski definition) is 3. The summed E-state index contributed by atoms with van der Waals surface area (Å²) in [5.74, 6) is -1.11. The van der Waals surface area contributed by atoms with E-state index < -0.39 is 11.6 Å². The molecule has 20 heavy (non-hydrogen) atoms. The van der Waals surface area contributed by atoms with Crippen LogP contribution >= 0.6 is 15.9 Å². The molecule has 3 nitrogen and oxygen atoms in total. The molecule has 0 amide bonds. The maximum absolute atomic E-state index is 12.1. The summed E-state index contributed by atoms with van der Waals surface area (Å²) in [5.41, 5.74) is 2.14. The minimum Gasteiger partial charge on any atom is -0.285 e. The Morgan fingerprint density at radius 3 is 1.75 bits per heavy atom. The van der Waals surface area contributed by atoms with E-state index in [1.165, 1.54) is 24.3 Å². The Hall–Kier alpha value is -2.25. The first-order chi connectivity index (χ1) is 9.65. The Kier molecular flexibility index (Phi) is 4.44. The molecule has 0 saturated heterocycles. The highest BCUT2D eigenvalue weighted by Crippen LogP contribution is 2.12. The Bertz CT molecular complexity index is 682. The van der Waals surface area contributed by atoms with Crippen LogP contribution in [0, 0.1) is 11.3 Å². The van der Waals surface area contributed by atoms with Gasteiger partial charge in [0.2, 0.25) is 11.6 Å². The van der Waals surface area contributed by atoms with E-state index in [9.17, 15) is 9.59 Å². The van der Waals surface area contributed by atoms with E-state index in [0.717, 1.165) is 5.56 Å². The number of nitrogens with zero attached hydrogens (tertiary/aromatic N) is 1. The molecule has 0 saturated carbocycles. The number of rotatable bonds is 4. The van der Waals surface area contributed by atoms with Crippen LogP contribution < -0.4 is 0 Å². The van der Waals surface area contributed by atoms with Gasteiger partial charge >= 0.3 is 0 Å². The molecule has 0 bridgehead atoms. The van der Waals surface area contributed by atoms with Crippen molar-refractivity contribution in [1.29, 1.82) is 5.26 Å². The lowest BCUT2D eigenvalue weighted by Crippen LogP contribution is -2.14. The Morgan fingerprint density at radius 2 is 1.35 bits per heavy atom. The Labute approximate surface area is 125 Å². The van der Waals surface area contributed by atoms with Crippen molar-refractivity contribution in [3.05, 3.63) is 70.8 Å². The number of alkyl halides is 1. The summed E-state index contributed by atoms with van der Waals surface area (Å²) >= 11 is 3.32. The average molecular weight is 328 g/mol. The van der Waals surface area contributed by atoms with Crippen LogP contribution in [0.25, 0.3) is 0 Å². The number of halogens is 1. The molecule has 2 rings (SSSR count). The molecule has 0 radical (unpaired) electrons. The average Bonchev–Trinajstić information content (AvgIpc) is 2.53. The molecule has 2 aromatic carbocycles. The fourth-order valence-electron chi connectivity index (χ4n) is 1.70. The lowest BCUT2D eigenvalue weighted by atomic mass is 10.00. The van der Waals surface area contributed by atoms with Gasteiger partial charge in [-0.05, 0) is 29.8 Å². The lowest BCUT2D eigenvalue weighted by Gasteiger charge is -2.02. The maximum atomic E-state index is 12.1. The van der Waals surface area contributed by atoms with Gasteiger partial charge in [0.25, 0.3) is 0 Å². The molecule has 2 aromatic rings. The van der Waals surface area contributed by atoms with Crippen molar-refractivity contribution in [1.82, 2.24) is 0 Å². The molecule has 0 aliphatic carbocycles. The number of hydrogen-bond donors (Lipinski definition) is 0. The molecule has 0 fully saturated rings. The number of carbonyl (C=O) groups excluding carboxylic acids is 2. The summed E-state index contributed by atoms with van der Waals surface area (Å²) < 4.78 is 0. The van der Waals surface area contributed by atoms with Crippen LogP contribution in [-0.4, -0.2) is 11.6 Å². The smallest absolute Gasteiger partial charge is 0.233 e. The molecule has 4 heteroatoms. The second kappa shape index (κ2) is 6.27. The summed E-state index contributed by atoms with van der Waals surface area (Å²) in [4.78, 5) is 24.1. The van der Waals surface area contributed by atoms with Crippen LogP contribution in [0.1, 0.15) is 31.8 Å². The van der Waals surface area contributed by atoms with Gasteiger partial charge in [-0.1, -0.05) is 40.2 Å². The predicted octanol–water partition coefficient (Wildman–Crippen LogP) is 3.52. The summed E-state index contributed by atoms with van der Waals surface area (Å²) in [6, 6.07) is 14.9. The first-order valence-electron chi connectivity index (χ1n) is 5.90. The fraction of sp³-hybridized carbons (Fsp3) is 0.0625. The van der Waals surface area contributed by atoms with Crippen molar-refractivity contribution < 1.29 is 9.59 Å². The van der Waals surface area contributed by atoms with E-state index >= 15 is 0 Å². The van der Waals surface area contributed by atoms with Gasteiger partial charge in [0.1, 0.15) is 0 Å². The third-order valence-electron chi connectivity index (χ3n) is 2.85. The van der Waals surface area contributed by atoms with Crippen LogP contribution in [0.4, 0.5) is 0 Å². The molecule has 0 N–H and O–H groups in total. The Balaban J connectivity index is 2.22. The highest BCUT2D eigenvalue weighted by Gasteiger charge is 2.18. The minimum atomic E-state index is -0.568. The molecule has 0 spiro atoms. The van der Waals surface area contributed by atoms with E-state index in [4.69, 9.17) is 5.26 Å². The minimum absolute atomic E-state index is 0.290. The predicted molar refractivity (Wildman–Crippen MR) is 78.9 cm³/mol. The maximum Gasteiger partial charge on any atom is 0.233 e. The van der Waals surface area contributed by atoms with Gasteiger partial charge in [0, 0.05) is 16.5 Å². The van der Waals surface area contributed by atoms with Crippen LogP contribution in [0.5, 0.6) is 0 Å². The molecule has 0 unspecified atom stereocenters. The van der Waals surface area contributed by atoms with Gasteiger partial charge in [-0.25, -0.2) is 0 Å². The SMILES string of the molecule is N#Cc1ccc(C(=O)C(=O)c2ccc(CBr)cc2)cc1. The van der Waals surface area contributed by atoms with Crippen LogP contribution in [0.2, 0.25) is 0 Å². The Morgan fingerprint density at radius 1 is 0.900 bits per heavy atom. The van der Waals surface area contributed by atoms with Gasteiger partial charge in [0.15, 0.2) is 0 Å². The summed E-state index contributed by atoms with van der Waals surface area (Å²) in [6.45, 7) is 0. The fourth-order valence-corrected chi connectivity index (χ4v) is 2.08. The molecule has 0 atom stereocenters. The first kappa shape index (κ1) is 14.2. The number of carbonyl (C=O) groups is 2. The van der Waals surface area contributed by atoms with E-state index in [2.05, 4.69) is 15.9 Å². The van der Waals surface area contributed by atoms with Crippen molar-refractivity contribution in [3.8, 4) is 6.07 Å². The van der Waals surface area contributed by atoms with Crippen molar-refractivity contribution in [2.45, 2.75) is 5.33 Å². The molecule has 0 aliphatic heterocycles. The summed E-state index contributed by atoms with van der Waals surface area (Å²) in [7, 11) is 0. The highest BCUT2D eigenvalue weighted by atomic mass is 79.9. The third-order valence-corrected chi connectivity index (χ3v) is 3.50. The molecule has 0 aliphatic rings. The van der Waals surface area contributed by atoms with Crippen molar-refractivity contribution >= 4 is 27.5 Å². The van der Waals surface area contributed by atoms with E-state index in [0.29, 0.717) is 22.0 Å². The van der Waals surface area contributed by atoms with Gasteiger partial charge in [0.05, 0.1) is 11.6 Å². The van der Waals surface area contributed by atoms with Crippen molar-refractivity contribution in [3.63, 3.8) is 0 Å². The number of Topliss-reactive ketones (excluding diaryl/α,β-unsaturated/α-hetero) is 2. The quantitative estimate of drug-likeness (QED) is 0.490. The zero-order valence-electron chi connectivity index (χ0n) is 10.5. The molecule has 98 valence electrons. The van der Waals surface area contributed by atoms with Crippen LogP contribution in [0.15, 0.2) is 48.5 Å². The molecule has 0 aromatic heterocycles. The largest absolute Gasteiger partial charge is 0.285 e. The van der Waals surface area contributed by atoms with Crippen LogP contribution in [0.3, 0.4) is 0 Å². The van der Waals surface area contributed by atoms with E-state index in [-0.39, 0.29) is 0 Å². The third kappa shape index (κ3) is 3.01. The molecular weight excluding hydrogens is 318 g/mol. The zero-order valence-corrected chi connectivity index (χ0v) is 12.1. The second-order valence-electron chi connectivity index (χ2n) is 4.18. The standard InChI is InChI=1S/C16H10BrNO2/c17-9-11-1-5-13(6-2-11)15(19)16(20)14-7-3-12(10-18)4-8-14/h1-8H,9H2. The monoisotopic (exact) mass is 327 g/mol. The van der Waals surface area contributed by atoms with Gasteiger partial charge < -0.3 is 0 Å². The van der Waals surface area contributed by atoms with E-state index in [1.807, 2.05) is 6.07 Å².